The van der Waals surface area contributed by atoms with Crippen LogP contribution in [-0.2, 0) is 10.0 Å². The summed E-state index contributed by atoms with van der Waals surface area (Å²) in [6, 6.07) is 4.66. The molecule has 1 fully saturated rings. The fourth-order valence-corrected chi connectivity index (χ4v) is 4.59. The molecule has 10 heteroatoms. The average molecular weight is 404 g/mol. The Morgan fingerprint density at radius 1 is 1.00 bits per heavy atom. The van der Waals surface area contributed by atoms with Gasteiger partial charge in [0, 0.05) is 51.1 Å². The number of benzene rings is 1. The number of sulfonamides is 1. The summed E-state index contributed by atoms with van der Waals surface area (Å²) in [4.78, 5) is 22.1. The number of hydrogen-bond acceptors (Lipinski definition) is 7. The predicted octanol–water partition coefficient (Wildman–Crippen LogP) is 0.785. The average Bonchev–Trinajstić information content (AvgIpc) is 2.99. The van der Waals surface area contributed by atoms with E-state index in [1.165, 1.54) is 35.0 Å². The van der Waals surface area contributed by atoms with Crippen LogP contribution in [0.5, 0.6) is 11.5 Å². The van der Waals surface area contributed by atoms with Crippen LogP contribution in [0.15, 0.2) is 41.7 Å². The molecule has 0 N–H and O–H groups in total. The molecule has 0 radical (unpaired) electrons. The summed E-state index contributed by atoms with van der Waals surface area (Å²) in [5.74, 6) is 0.742. The van der Waals surface area contributed by atoms with Gasteiger partial charge < -0.3 is 14.4 Å². The van der Waals surface area contributed by atoms with Crippen molar-refractivity contribution in [1.82, 2.24) is 19.2 Å². The number of aromatic nitrogens is 2. The molecule has 0 bridgehead atoms. The van der Waals surface area contributed by atoms with E-state index in [2.05, 4.69) is 9.97 Å². The van der Waals surface area contributed by atoms with E-state index in [-0.39, 0.29) is 29.6 Å². The quantitative estimate of drug-likeness (QED) is 0.745. The minimum atomic E-state index is -3.69. The van der Waals surface area contributed by atoms with Gasteiger partial charge in [-0.05, 0) is 12.1 Å². The van der Waals surface area contributed by atoms with Gasteiger partial charge in [-0.3, -0.25) is 9.78 Å². The Morgan fingerprint density at radius 2 is 1.75 bits per heavy atom. The zero-order chi connectivity index (χ0) is 19.6. The second-order valence-corrected chi connectivity index (χ2v) is 8.38. The molecule has 0 spiro atoms. The third kappa shape index (κ3) is 3.65. The number of fused-ring (bicyclic) bond motifs is 1. The molecule has 4 rings (SSSR count). The largest absolute Gasteiger partial charge is 0.490 e. The molecular formula is C18H20N4O5S. The van der Waals surface area contributed by atoms with Crippen LogP contribution in [0.3, 0.4) is 0 Å². The SMILES string of the molecule is O=C(c1cnccn1)N1CCN(S(=O)(=O)c2ccc3c(c2)OCCCO3)CC1. The second-order valence-electron chi connectivity index (χ2n) is 6.45. The summed E-state index contributed by atoms with van der Waals surface area (Å²) in [5.41, 5.74) is 0.252. The molecule has 2 aromatic rings. The predicted molar refractivity (Wildman–Crippen MR) is 98.7 cm³/mol. The Kier molecular flexibility index (Phi) is 5.14. The third-order valence-corrected chi connectivity index (χ3v) is 6.56. The Morgan fingerprint density at radius 3 is 2.46 bits per heavy atom. The molecule has 9 nitrogen and oxygen atoms in total. The van der Waals surface area contributed by atoms with E-state index in [1.807, 2.05) is 0 Å². The van der Waals surface area contributed by atoms with E-state index in [9.17, 15) is 13.2 Å². The van der Waals surface area contributed by atoms with Crippen molar-refractivity contribution in [3.8, 4) is 11.5 Å². The van der Waals surface area contributed by atoms with Gasteiger partial charge in [-0.2, -0.15) is 4.31 Å². The number of ether oxygens (including phenoxy) is 2. The van der Waals surface area contributed by atoms with Crippen LogP contribution in [0.4, 0.5) is 0 Å². The number of hydrogen-bond donors (Lipinski definition) is 0. The number of carbonyl (C=O) groups excluding carboxylic acids is 1. The van der Waals surface area contributed by atoms with Crippen LogP contribution in [0, 0.1) is 0 Å². The van der Waals surface area contributed by atoms with Crippen LogP contribution < -0.4 is 9.47 Å². The normalized spacial score (nSPS) is 17.8. The number of rotatable bonds is 3. The first-order chi connectivity index (χ1) is 13.6. The highest BCUT2D eigenvalue weighted by molar-refractivity contribution is 7.89. The molecule has 1 amide bonds. The Hall–Kier alpha value is -2.72. The van der Waals surface area contributed by atoms with E-state index >= 15 is 0 Å². The van der Waals surface area contributed by atoms with Gasteiger partial charge in [0.2, 0.25) is 10.0 Å². The van der Waals surface area contributed by atoms with Gasteiger partial charge in [-0.1, -0.05) is 0 Å². The van der Waals surface area contributed by atoms with E-state index in [4.69, 9.17) is 9.47 Å². The van der Waals surface area contributed by atoms with Crippen LogP contribution in [-0.4, -0.2) is 72.9 Å². The minimum Gasteiger partial charge on any atom is -0.490 e. The van der Waals surface area contributed by atoms with Crippen molar-refractivity contribution in [2.24, 2.45) is 0 Å². The molecule has 28 heavy (non-hydrogen) atoms. The fraction of sp³-hybridized carbons (Fsp3) is 0.389. The molecule has 0 saturated carbocycles. The molecule has 148 valence electrons. The number of amides is 1. The molecule has 2 aliphatic heterocycles. The van der Waals surface area contributed by atoms with Crippen molar-refractivity contribution < 1.29 is 22.7 Å². The summed E-state index contributed by atoms with van der Waals surface area (Å²) in [6.07, 6.45) is 5.11. The summed E-state index contributed by atoms with van der Waals surface area (Å²) < 4.78 is 38.6. The van der Waals surface area contributed by atoms with Crippen LogP contribution in [0.2, 0.25) is 0 Å². The van der Waals surface area contributed by atoms with Gasteiger partial charge in [-0.15, -0.1) is 0 Å². The maximum atomic E-state index is 13.0. The zero-order valence-corrected chi connectivity index (χ0v) is 16.0. The van der Waals surface area contributed by atoms with Crippen molar-refractivity contribution in [3.63, 3.8) is 0 Å². The van der Waals surface area contributed by atoms with Gasteiger partial charge >= 0.3 is 0 Å². The maximum absolute atomic E-state index is 13.0. The molecule has 0 unspecified atom stereocenters. The lowest BCUT2D eigenvalue weighted by molar-refractivity contribution is 0.0691. The molecule has 1 aromatic carbocycles. The molecule has 3 heterocycles. The smallest absolute Gasteiger partial charge is 0.274 e. The highest BCUT2D eigenvalue weighted by Crippen LogP contribution is 2.33. The van der Waals surface area contributed by atoms with Crippen LogP contribution >= 0.6 is 0 Å². The Labute approximate surface area is 163 Å². The first-order valence-corrected chi connectivity index (χ1v) is 10.4. The Balaban J connectivity index is 1.47. The van der Waals surface area contributed by atoms with Gasteiger partial charge in [-0.25, -0.2) is 13.4 Å². The van der Waals surface area contributed by atoms with Crippen molar-refractivity contribution >= 4 is 15.9 Å². The Bertz CT molecular complexity index is 959. The summed E-state index contributed by atoms with van der Waals surface area (Å²) in [6.45, 7) is 2.03. The molecule has 1 saturated heterocycles. The standard InChI is InChI=1S/C18H20N4O5S/c23-18(15-13-19-4-5-20-15)21-6-8-22(9-7-21)28(24,25)14-2-3-16-17(12-14)27-11-1-10-26-16/h2-5,12-13H,1,6-11H2. The molecule has 0 atom stereocenters. The third-order valence-electron chi connectivity index (χ3n) is 4.66. The summed E-state index contributed by atoms with van der Waals surface area (Å²) in [5, 5.41) is 0. The second kappa shape index (κ2) is 7.72. The lowest BCUT2D eigenvalue weighted by Crippen LogP contribution is -2.50. The lowest BCUT2D eigenvalue weighted by atomic mass is 10.3. The van der Waals surface area contributed by atoms with Crippen molar-refractivity contribution in [1.29, 1.82) is 0 Å². The van der Waals surface area contributed by atoms with Crippen molar-refractivity contribution in [2.45, 2.75) is 11.3 Å². The molecule has 2 aliphatic rings. The van der Waals surface area contributed by atoms with E-state index < -0.39 is 10.0 Å². The van der Waals surface area contributed by atoms with E-state index in [0.29, 0.717) is 37.8 Å². The summed E-state index contributed by atoms with van der Waals surface area (Å²) in [7, 11) is -3.69. The fourth-order valence-electron chi connectivity index (χ4n) is 3.16. The van der Waals surface area contributed by atoms with Crippen LogP contribution in [0.1, 0.15) is 16.9 Å². The van der Waals surface area contributed by atoms with Crippen molar-refractivity contribution in [3.05, 3.63) is 42.5 Å². The first-order valence-electron chi connectivity index (χ1n) is 9.01. The number of carbonyl (C=O) groups is 1. The van der Waals surface area contributed by atoms with E-state index in [1.54, 1.807) is 11.0 Å². The molecule has 1 aromatic heterocycles. The van der Waals surface area contributed by atoms with Gasteiger partial charge in [0.15, 0.2) is 11.5 Å². The van der Waals surface area contributed by atoms with Crippen molar-refractivity contribution in [2.75, 3.05) is 39.4 Å². The molecular weight excluding hydrogens is 384 g/mol. The lowest BCUT2D eigenvalue weighted by Gasteiger charge is -2.33. The highest BCUT2D eigenvalue weighted by atomic mass is 32.2. The van der Waals surface area contributed by atoms with Gasteiger partial charge in [0.05, 0.1) is 24.3 Å². The zero-order valence-electron chi connectivity index (χ0n) is 15.2. The highest BCUT2D eigenvalue weighted by Gasteiger charge is 2.31. The number of piperazine rings is 1. The topological polar surface area (TPSA) is 102 Å². The monoisotopic (exact) mass is 404 g/mol. The summed E-state index contributed by atoms with van der Waals surface area (Å²) >= 11 is 0. The van der Waals surface area contributed by atoms with Gasteiger partial charge in [0.25, 0.3) is 5.91 Å². The van der Waals surface area contributed by atoms with Gasteiger partial charge in [0.1, 0.15) is 5.69 Å². The number of nitrogens with zero attached hydrogens (tertiary/aromatic N) is 4. The molecule has 0 aliphatic carbocycles. The van der Waals surface area contributed by atoms with Crippen LogP contribution in [0.25, 0.3) is 0 Å². The minimum absolute atomic E-state index is 0.158. The maximum Gasteiger partial charge on any atom is 0.274 e. The van der Waals surface area contributed by atoms with E-state index in [0.717, 1.165) is 6.42 Å². The first kappa shape index (κ1) is 18.6.